The fourth-order valence-corrected chi connectivity index (χ4v) is 8.36. The maximum Gasteiger partial charge on any atom is 0.204 e. The molecule has 0 fully saturated rings. The lowest BCUT2D eigenvalue weighted by molar-refractivity contribution is 0.516. The molecule has 1 N–H and O–H groups in total. The van der Waals surface area contributed by atoms with Gasteiger partial charge in [0.1, 0.15) is 5.84 Å². The number of nitrogens with one attached hydrogen (secondary N) is 1. The Hall–Kier alpha value is -7.50. The van der Waals surface area contributed by atoms with Crippen molar-refractivity contribution < 1.29 is 0 Å². The Labute approximate surface area is 324 Å². The molecule has 11 rings (SSSR count). The number of aromatic nitrogens is 2. The number of nitrogens with zero attached hydrogens (tertiary/aromatic N) is 4. The van der Waals surface area contributed by atoms with Gasteiger partial charge in [0.05, 0.1) is 22.1 Å². The van der Waals surface area contributed by atoms with E-state index in [2.05, 4.69) is 203 Å². The van der Waals surface area contributed by atoms with Crippen LogP contribution in [0, 0.1) is 0 Å². The molecule has 0 spiro atoms. The van der Waals surface area contributed by atoms with Crippen molar-refractivity contribution in [3.8, 4) is 27.9 Å². The van der Waals surface area contributed by atoms with E-state index in [0.717, 1.165) is 44.8 Å². The number of hydrogen-bond donors (Lipinski definition) is 1. The number of hydrogen-bond acceptors (Lipinski definition) is 3. The monoisotopic (exact) mass is 717 g/mol. The summed E-state index contributed by atoms with van der Waals surface area (Å²) in [6.07, 6.45) is -0.438. The van der Waals surface area contributed by atoms with Crippen LogP contribution in [-0.2, 0) is 0 Å². The average Bonchev–Trinajstić information content (AvgIpc) is 3.79. The average molecular weight is 718 g/mol. The highest BCUT2D eigenvalue weighted by Crippen LogP contribution is 2.38. The van der Waals surface area contributed by atoms with Crippen molar-refractivity contribution in [1.82, 2.24) is 14.5 Å². The van der Waals surface area contributed by atoms with Gasteiger partial charge in [-0.3, -0.25) is 0 Å². The zero-order valence-electron chi connectivity index (χ0n) is 30.4. The van der Waals surface area contributed by atoms with Crippen molar-refractivity contribution >= 4 is 55.3 Å². The highest BCUT2D eigenvalue weighted by molar-refractivity contribution is 6.15. The van der Waals surface area contributed by atoms with E-state index in [0.29, 0.717) is 5.84 Å². The first-order valence-electron chi connectivity index (χ1n) is 19.0. The van der Waals surface area contributed by atoms with Crippen LogP contribution in [0.15, 0.2) is 210 Å². The van der Waals surface area contributed by atoms with Gasteiger partial charge in [-0.25, -0.2) is 9.98 Å². The third-order valence-electron chi connectivity index (χ3n) is 11.0. The molecule has 1 aliphatic rings. The van der Waals surface area contributed by atoms with E-state index in [1.807, 2.05) is 12.1 Å². The Bertz CT molecular complexity index is 3150. The number of benzene rings is 8. The van der Waals surface area contributed by atoms with Gasteiger partial charge in [-0.2, -0.15) is 0 Å². The first-order chi connectivity index (χ1) is 27.8. The summed E-state index contributed by atoms with van der Waals surface area (Å²) in [6, 6.07) is 71.0. The van der Waals surface area contributed by atoms with E-state index in [1.165, 1.54) is 43.7 Å². The van der Waals surface area contributed by atoms with Gasteiger partial charge in [0.15, 0.2) is 5.84 Å². The summed E-state index contributed by atoms with van der Waals surface area (Å²) >= 11 is 0. The molecule has 0 saturated carbocycles. The Morgan fingerprint density at radius 3 is 1.61 bits per heavy atom. The van der Waals surface area contributed by atoms with Crippen LogP contribution in [0.5, 0.6) is 0 Å². The summed E-state index contributed by atoms with van der Waals surface area (Å²) in [5, 5.41) is 8.57. The number of amidine groups is 2. The quantitative estimate of drug-likeness (QED) is 0.183. The molecule has 264 valence electrons. The van der Waals surface area contributed by atoms with Gasteiger partial charge in [0.25, 0.3) is 0 Å². The molecule has 1 atom stereocenters. The van der Waals surface area contributed by atoms with Gasteiger partial charge >= 0.3 is 0 Å². The number of aliphatic imine (C=N–C) groups is 2. The zero-order chi connectivity index (χ0) is 37.0. The minimum absolute atomic E-state index is 0.438. The fraction of sp³-hybridized carbons (Fsp3) is 0.0196. The fourth-order valence-electron chi connectivity index (χ4n) is 8.36. The number of fused-ring (bicyclic) bond motifs is 6. The summed E-state index contributed by atoms with van der Waals surface area (Å²) in [4.78, 5) is 10.5. The van der Waals surface area contributed by atoms with Crippen LogP contribution in [0.4, 0.5) is 0 Å². The molecule has 0 aliphatic carbocycles. The standard InChI is InChI=1S/C51H35N5/c1-4-15-34(16-5-1)36-19-14-20-39(31-36)50-52-49(35-17-6-2-7-18-35)53-51(54-50)56-46-26-13-11-24-42(46)44-33-38(28-30-48(44)56)37-27-29-47-43(32-37)41-23-10-12-25-45(41)55(47)40-21-8-3-9-22-40/h1-33,51H,(H,52,53,54). The van der Waals surface area contributed by atoms with Crippen LogP contribution < -0.4 is 5.32 Å². The third kappa shape index (κ3) is 5.32. The molecule has 10 aromatic rings. The first kappa shape index (κ1) is 32.0. The minimum atomic E-state index is -0.438. The Kier molecular flexibility index (Phi) is 7.49. The largest absolute Gasteiger partial charge is 0.331 e. The van der Waals surface area contributed by atoms with Gasteiger partial charge in [0, 0.05) is 38.4 Å². The molecule has 0 bridgehead atoms. The SMILES string of the molecule is c1ccc(C2=NC(c3cccc(-c4ccccc4)c3)=NC(n3c4ccccc4c4cc(-c5ccc6c(c5)c5ccccc5n6-c5ccccc5)ccc43)N2)cc1. The molecule has 5 heteroatoms. The molecule has 3 heterocycles. The molecule has 0 saturated heterocycles. The predicted octanol–water partition coefficient (Wildman–Crippen LogP) is 12.2. The summed E-state index contributed by atoms with van der Waals surface area (Å²) in [5.41, 5.74) is 12.4. The molecule has 0 radical (unpaired) electrons. The van der Waals surface area contributed by atoms with Gasteiger partial charge in [-0.15, -0.1) is 0 Å². The Balaban J connectivity index is 1.06. The highest BCUT2D eigenvalue weighted by atomic mass is 15.3. The lowest BCUT2D eigenvalue weighted by Gasteiger charge is -2.26. The second kappa shape index (κ2) is 13.1. The van der Waals surface area contributed by atoms with E-state index in [4.69, 9.17) is 9.98 Å². The lowest BCUT2D eigenvalue weighted by atomic mass is 10.0. The summed E-state index contributed by atoms with van der Waals surface area (Å²) in [5.74, 6) is 1.48. The van der Waals surface area contributed by atoms with E-state index in [9.17, 15) is 0 Å². The molecular formula is C51H35N5. The second-order valence-corrected chi connectivity index (χ2v) is 14.3. The van der Waals surface area contributed by atoms with Crippen molar-refractivity contribution in [3.63, 3.8) is 0 Å². The van der Waals surface area contributed by atoms with Crippen molar-refractivity contribution in [3.05, 3.63) is 211 Å². The zero-order valence-corrected chi connectivity index (χ0v) is 30.4. The molecular weight excluding hydrogens is 683 g/mol. The van der Waals surface area contributed by atoms with E-state index in [-0.39, 0.29) is 0 Å². The van der Waals surface area contributed by atoms with Crippen LogP contribution in [0.2, 0.25) is 0 Å². The molecule has 1 aliphatic heterocycles. The summed E-state index contributed by atoms with van der Waals surface area (Å²) in [7, 11) is 0. The van der Waals surface area contributed by atoms with Crippen molar-refractivity contribution in [2.45, 2.75) is 6.29 Å². The molecule has 8 aromatic carbocycles. The maximum absolute atomic E-state index is 5.35. The number of rotatable bonds is 6. The van der Waals surface area contributed by atoms with E-state index < -0.39 is 6.29 Å². The predicted molar refractivity (Wildman–Crippen MR) is 233 cm³/mol. The highest BCUT2D eigenvalue weighted by Gasteiger charge is 2.25. The van der Waals surface area contributed by atoms with Crippen LogP contribution in [-0.4, -0.2) is 20.8 Å². The topological polar surface area (TPSA) is 46.6 Å². The normalized spacial score (nSPS) is 14.2. The van der Waals surface area contributed by atoms with Gasteiger partial charge in [-0.1, -0.05) is 146 Å². The Morgan fingerprint density at radius 1 is 0.375 bits per heavy atom. The van der Waals surface area contributed by atoms with Crippen molar-refractivity contribution in [2.75, 3.05) is 0 Å². The van der Waals surface area contributed by atoms with Crippen LogP contribution in [0.1, 0.15) is 17.4 Å². The smallest absolute Gasteiger partial charge is 0.204 e. The lowest BCUT2D eigenvalue weighted by Crippen LogP contribution is -2.36. The van der Waals surface area contributed by atoms with Crippen molar-refractivity contribution in [1.29, 1.82) is 0 Å². The third-order valence-corrected chi connectivity index (χ3v) is 11.0. The Morgan fingerprint density at radius 2 is 0.875 bits per heavy atom. The molecule has 1 unspecified atom stereocenters. The molecule has 56 heavy (non-hydrogen) atoms. The van der Waals surface area contributed by atoms with Gasteiger partial charge < -0.3 is 14.5 Å². The molecule has 0 amide bonds. The van der Waals surface area contributed by atoms with Crippen LogP contribution in [0.25, 0.3) is 71.6 Å². The minimum Gasteiger partial charge on any atom is -0.331 e. The summed E-state index contributed by atoms with van der Waals surface area (Å²) < 4.78 is 4.69. The second-order valence-electron chi connectivity index (χ2n) is 14.3. The van der Waals surface area contributed by atoms with E-state index >= 15 is 0 Å². The van der Waals surface area contributed by atoms with Crippen LogP contribution in [0.3, 0.4) is 0 Å². The van der Waals surface area contributed by atoms with E-state index in [1.54, 1.807) is 0 Å². The molecule has 2 aromatic heterocycles. The van der Waals surface area contributed by atoms with Gasteiger partial charge in [-0.05, 0) is 76.9 Å². The summed E-state index contributed by atoms with van der Waals surface area (Å²) in [6.45, 7) is 0. The van der Waals surface area contributed by atoms with Crippen LogP contribution >= 0.6 is 0 Å². The maximum atomic E-state index is 5.35. The number of para-hydroxylation sites is 3. The van der Waals surface area contributed by atoms with Gasteiger partial charge in [0.2, 0.25) is 6.29 Å². The van der Waals surface area contributed by atoms with Crippen molar-refractivity contribution in [2.24, 2.45) is 9.98 Å². The molecule has 5 nitrogen and oxygen atoms in total. The first-order valence-corrected chi connectivity index (χ1v) is 19.0.